The molecule has 1 unspecified atom stereocenters. The Hall–Kier alpha value is -1.40. The monoisotopic (exact) mass is 238 g/mol. The zero-order valence-electron chi connectivity index (χ0n) is 10.2. The van der Waals surface area contributed by atoms with Gasteiger partial charge in [-0.25, -0.2) is 0 Å². The predicted molar refractivity (Wildman–Crippen MR) is 62.9 cm³/mol. The van der Waals surface area contributed by atoms with Crippen LogP contribution in [0.5, 0.6) is 0 Å². The molecule has 0 bridgehead atoms. The van der Waals surface area contributed by atoms with Gasteiger partial charge in [-0.15, -0.1) is 0 Å². The number of carbonyl (C=O) groups excluding carboxylic acids is 1. The van der Waals surface area contributed by atoms with Crippen LogP contribution in [0, 0.1) is 6.92 Å². The fourth-order valence-corrected chi connectivity index (χ4v) is 1.78. The summed E-state index contributed by atoms with van der Waals surface area (Å²) in [6.45, 7) is 4.68. The maximum absolute atomic E-state index is 11.9. The van der Waals surface area contributed by atoms with Crippen molar-refractivity contribution >= 4 is 5.91 Å². The van der Waals surface area contributed by atoms with Crippen LogP contribution in [0.25, 0.3) is 0 Å². The summed E-state index contributed by atoms with van der Waals surface area (Å²) in [6.07, 6.45) is 1.59. The van der Waals surface area contributed by atoms with Crippen LogP contribution >= 0.6 is 0 Å². The molecule has 1 aliphatic rings. The molecule has 0 aromatic carbocycles. The second kappa shape index (κ2) is 5.29. The zero-order chi connectivity index (χ0) is 12.3. The van der Waals surface area contributed by atoms with Gasteiger partial charge in [0.15, 0.2) is 0 Å². The molecule has 1 amide bonds. The molecule has 2 N–H and O–H groups in total. The first-order valence-corrected chi connectivity index (χ1v) is 5.76. The van der Waals surface area contributed by atoms with Gasteiger partial charge in [-0.1, -0.05) is 0 Å². The Morgan fingerprint density at radius 1 is 1.76 bits per heavy atom. The van der Waals surface area contributed by atoms with E-state index in [1.54, 1.807) is 10.9 Å². The summed E-state index contributed by atoms with van der Waals surface area (Å²) < 4.78 is 7.01. The molecule has 94 valence electrons. The summed E-state index contributed by atoms with van der Waals surface area (Å²) >= 11 is 0. The number of aryl methyl sites for hydroxylation is 1. The minimum Gasteiger partial charge on any atom is -0.378 e. The molecule has 1 aromatic heterocycles. The van der Waals surface area contributed by atoms with Gasteiger partial charge >= 0.3 is 0 Å². The molecule has 0 radical (unpaired) electrons. The SMILES string of the molecule is Cc1c(C(=O)NCC2COCCN2)cnn1C. The number of amides is 1. The Bertz CT molecular complexity index is 396. The van der Waals surface area contributed by atoms with Crippen LogP contribution in [-0.2, 0) is 11.8 Å². The fraction of sp³-hybridized carbons (Fsp3) is 0.636. The number of hydrogen-bond acceptors (Lipinski definition) is 4. The second-order valence-electron chi connectivity index (χ2n) is 4.20. The minimum atomic E-state index is -0.0806. The lowest BCUT2D eigenvalue weighted by Gasteiger charge is -2.23. The average Bonchev–Trinajstić information content (AvgIpc) is 2.69. The van der Waals surface area contributed by atoms with Crippen molar-refractivity contribution in [2.45, 2.75) is 13.0 Å². The average molecular weight is 238 g/mol. The molecule has 1 fully saturated rings. The van der Waals surface area contributed by atoms with Crippen LogP contribution in [0.2, 0.25) is 0 Å². The third kappa shape index (κ3) is 2.83. The van der Waals surface area contributed by atoms with Crippen LogP contribution in [-0.4, -0.2) is 48.0 Å². The summed E-state index contributed by atoms with van der Waals surface area (Å²) in [6, 6.07) is 0.199. The molecule has 1 aromatic rings. The van der Waals surface area contributed by atoms with Gasteiger partial charge in [-0.05, 0) is 6.92 Å². The Morgan fingerprint density at radius 3 is 3.18 bits per heavy atom. The highest BCUT2D eigenvalue weighted by atomic mass is 16.5. The van der Waals surface area contributed by atoms with Gasteiger partial charge in [-0.2, -0.15) is 5.10 Å². The molecule has 6 nitrogen and oxygen atoms in total. The molecule has 0 spiro atoms. The lowest BCUT2D eigenvalue weighted by molar-refractivity contribution is 0.0734. The molecule has 1 aliphatic heterocycles. The van der Waals surface area contributed by atoms with Crippen molar-refractivity contribution in [1.82, 2.24) is 20.4 Å². The van der Waals surface area contributed by atoms with Gasteiger partial charge in [0.25, 0.3) is 5.91 Å². The van der Waals surface area contributed by atoms with E-state index in [0.29, 0.717) is 18.7 Å². The quantitative estimate of drug-likeness (QED) is 0.741. The number of nitrogens with zero attached hydrogens (tertiary/aromatic N) is 2. The van der Waals surface area contributed by atoms with E-state index in [2.05, 4.69) is 15.7 Å². The molecule has 2 rings (SSSR count). The molecule has 17 heavy (non-hydrogen) atoms. The Balaban J connectivity index is 1.86. The summed E-state index contributed by atoms with van der Waals surface area (Å²) in [5.41, 5.74) is 1.50. The molecule has 0 saturated carbocycles. The van der Waals surface area contributed by atoms with Crippen molar-refractivity contribution in [3.8, 4) is 0 Å². The van der Waals surface area contributed by atoms with Gasteiger partial charge in [0.2, 0.25) is 0 Å². The molecule has 0 aliphatic carbocycles. The molecular formula is C11H18N4O2. The lowest BCUT2D eigenvalue weighted by Crippen LogP contribution is -2.48. The van der Waals surface area contributed by atoms with E-state index in [-0.39, 0.29) is 11.9 Å². The van der Waals surface area contributed by atoms with Gasteiger partial charge in [0.1, 0.15) is 0 Å². The van der Waals surface area contributed by atoms with Crippen molar-refractivity contribution in [2.24, 2.45) is 7.05 Å². The van der Waals surface area contributed by atoms with E-state index in [9.17, 15) is 4.79 Å². The number of hydrogen-bond donors (Lipinski definition) is 2. The summed E-state index contributed by atoms with van der Waals surface area (Å²) in [5.74, 6) is -0.0806. The van der Waals surface area contributed by atoms with Gasteiger partial charge < -0.3 is 15.4 Å². The van der Waals surface area contributed by atoms with E-state index in [0.717, 1.165) is 18.8 Å². The normalized spacial score (nSPS) is 20.2. The molecule has 1 atom stereocenters. The first-order chi connectivity index (χ1) is 8.18. The van der Waals surface area contributed by atoms with Gasteiger partial charge in [0, 0.05) is 31.9 Å². The van der Waals surface area contributed by atoms with Gasteiger partial charge in [-0.3, -0.25) is 9.48 Å². The van der Waals surface area contributed by atoms with E-state index >= 15 is 0 Å². The predicted octanol–water partition coefficient (Wildman–Crippen LogP) is -0.553. The van der Waals surface area contributed by atoms with E-state index < -0.39 is 0 Å². The van der Waals surface area contributed by atoms with Crippen molar-refractivity contribution in [1.29, 1.82) is 0 Å². The molecule has 6 heteroatoms. The van der Waals surface area contributed by atoms with Crippen LogP contribution in [0.1, 0.15) is 16.1 Å². The fourth-order valence-electron chi connectivity index (χ4n) is 1.78. The van der Waals surface area contributed by atoms with Crippen LogP contribution in [0.4, 0.5) is 0 Å². The number of aromatic nitrogens is 2. The number of morpholine rings is 1. The first-order valence-electron chi connectivity index (χ1n) is 5.76. The second-order valence-corrected chi connectivity index (χ2v) is 4.20. The number of ether oxygens (including phenoxy) is 1. The standard InChI is InChI=1S/C11H18N4O2/c1-8-10(6-14-15(8)2)11(16)13-5-9-7-17-4-3-12-9/h6,9,12H,3-5,7H2,1-2H3,(H,13,16). The highest BCUT2D eigenvalue weighted by Gasteiger charge is 2.16. The van der Waals surface area contributed by atoms with Crippen LogP contribution in [0.3, 0.4) is 0 Å². The van der Waals surface area contributed by atoms with Crippen molar-refractivity contribution in [3.63, 3.8) is 0 Å². The van der Waals surface area contributed by atoms with Gasteiger partial charge in [0.05, 0.1) is 25.0 Å². The van der Waals surface area contributed by atoms with Crippen LogP contribution < -0.4 is 10.6 Å². The number of nitrogens with one attached hydrogen (secondary N) is 2. The smallest absolute Gasteiger partial charge is 0.254 e. The minimum absolute atomic E-state index is 0.0806. The zero-order valence-corrected chi connectivity index (χ0v) is 10.2. The first kappa shape index (κ1) is 12.1. The van der Waals surface area contributed by atoms with Crippen LogP contribution in [0.15, 0.2) is 6.20 Å². The largest absolute Gasteiger partial charge is 0.378 e. The highest BCUT2D eigenvalue weighted by Crippen LogP contribution is 2.05. The molecule has 2 heterocycles. The van der Waals surface area contributed by atoms with Crippen molar-refractivity contribution < 1.29 is 9.53 Å². The third-order valence-corrected chi connectivity index (χ3v) is 2.99. The van der Waals surface area contributed by atoms with E-state index in [1.807, 2.05) is 14.0 Å². The molecule has 1 saturated heterocycles. The van der Waals surface area contributed by atoms with E-state index in [1.165, 1.54) is 0 Å². The highest BCUT2D eigenvalue weighted by molar-refractivity contribution is 5.95. The maximum Gasteiger partial charge on any atom is 0.254 e. The number of carbonyl (C=O) groups is 1. The third-order valence-electron chi connectivity index (χ3n) is 2.99. The maximum atomic E-state index is 11.9. The topological polar surface area (TPSA) is 68.2 Å². The number of rotatable bonds is 3. The Kier molecular flexibility index (Phi) is 3.75. The molecular weight excluding hydrogens is 220 g/mol. The van der Waals surface area contributed by atoms with Crippen molar-refractivity contribution in [3.05, 3.63) is 17.5 Å². The van der Waals surface area contributed by atoms with E-state index in [4.69, 9.17) is 4.74 Å². The Morgan fingerprint density at radius 2 is 2.59 bits per heavy atom. The summed E-state index contributed by atoms with van der Waals surface area (Å²) in [4.78, 5) is 11.9. The lowest BCUT2D eigenvalue weighted by atomic mass is 10.2. The summed E-state index contributed by atoms with van der Waals surface area (Å²) in [5, 5.41) is 10.2. The summed E-state index contributed by atoms with van der Waals surface area (Å²) in [7, 11) is 1.82. The Labute approximate surface area is 100 Å². The van der Waals surface area contributed by atoms with Crippen molar-refractivity contribution in [2.75, 3.05) is 26.3 Å².